The second kappa shape index (κ2) is 6.96. The molecule has 21 heavy (non-hydrogen) atoms. The van der Waals surface area contributed by atoms with Gasteiger partial charge in [-0.05, 0) is 27.2 Å². The quantitative estimate of drug-likeness (QED) is 0.827. The zero-order chi connectivity index (χ0) is 15.2. The Morgan fingerprint density at radius 2 is 2.05 bits per heavy atom. The van der Waals surface area contributed by atoms with E-state index in [9.17, 15) is 0 Å². The van der Waals surface area contributed by atoms with E-state index in [4.69, 9.17) is 0 Å². The molecule has 0 aliphatic carbocycles. The molecule has 0 unspecified atom stereocenters. The van der Waals surface area contributed by atoms with Crippen molar-refractivity contribution in [2.45, 2.75) is 40.2 Å². The van der Waals surface area contributed by atoms with Crippen LogP contribution in [0.25, 0.3) is 5.95 Å². The van der Waals surface area contributed by atoms with Gasteiger partial charge in [-0.15, -0.1) is 0 Å². The lowest BCUT2D eigenvalue weighted by Crippen LogP contribution is -2.33. The molecule has 0 radical (unpaired) electrons. The molecule has 0 aliphatic heterocycles. The number of hydrogen-bond acceptors (Lipinski definition) is 7. The first-order valence-electron chi connectivity index (χ1n) is 7.27. The van der Waals surface area contributed by atoms with Gasteiger partial charge in [0.15, 0.2) is 0 Å². The molecule has 8 nitrogen and oxygen atoms in total. The summed E-state index contributed by atoms with van der Waals surface area (Å²) in [6, 6.07) is 0.311. The van der Waals surface area contributed by atoms with Crippen molar-refractivity contribution in [1.82, 2.24) is 29.7 Å². The molecule has 0 bridgehead atoms. The van der Waals surface area contributed by atoms with Crippen molar-refractivity contribution in [2.24, 2.45) is 0 Å². The Balaban J connectivity index is 2.44. The van der Waals surface area contributed by atoms with Crippen molar-refractivity contribution in [3.63, 3.8) is 0 Å². The fraction of sp³-hybridized carbons (Fsp3) is 0.615. The summed E-state index contributed by atoms with van der Waals surface area (Å²) in [5.41, 5.74) is 0. The van der Waals surface area contributed by atoms with Crippen LogP contribution in [-0.2, 0) is 0 Å². The minimum atomic E-state index is 0.311. The molecule has 0 fully saturated rings. The molecule has 2 rings (SSSR count). The maximum absolute atomic E-state index is 4.52. The summed E-state index contributed by atoms with van der Waals surface area (Å²) in [4.78, 5) is 19.5. The molecule has 0 saturated carbocycles. The third-order valence-electron chi connectivity index (χ3n) is 2.92. The minimum absolute atomic E-state index is 0.311. The van der Waals surface area contributed by atoms with Gasteiger partial charge in [-0.25, -0.2) is 4.98 Å². The number of rotatable bonds is 7. The van der Waals surface area contributed by atoms with Gasteiger partial charge < -0.3 is 10.2 Å². The highest BCUT2D eigenvalue weighted by atomic mass is 15.4. The summed E-state index contributed by atoms with van der Waals surface area (Å²) in [5, 5.41) is 7.22. The Kier molecular flexibility index (Phi) is 5.02. The summed E-state index contributed by atoms with van der Waals surface area (Å²) >= 11 is 0. The van der Waals surface area contributed by atoms with E-state index < -0.39 is 0 Å². The second-order valence-corrected chi connectivity index (χ2v) is 4.92. The Labute approximate surface area is 124 Å². The summed E-state index contributed by atoms with van der Waals surface area (Å²) in [6.07, 6.45) is 4.07. The van der Waals surface area contributed by atoms with Crippen molar-refractivity contribution in [1.29, 1.82) is 0 Å². The van der Waals surface area contributed by atoms with E-state index >= 15 is 0 Å². The molecule has 0 saturated heterocycles. The summed E-state index contributed by atoms with van der Waals surface area (Å²) in [6.45, 7) is 10.0. The minimum Gasteiger partial charge on any atom is -0.354 e. The summed E-state index contributed by atoms with van der Waals surface area (Å²) in [7, 11) is 0. The molecule has 114 valence electrons. The summed E-state index contributed by atoms with van der Waals surface area (Å²) in [5.74, 6) is 1.67. The van der Waals surface area contributed by atoms with Gasteiger partial charge in [-0.2, -0.15) is 24.7 Å². The van der Waals surface area contributed by atoms with E-state index in [-0.39, 0.29) is 0 Å². The fourth-order valence-corrected chi connectivity index (χ4v) is 1.96. The van der Waals surface area contributed by atoms with Crippen LogP contribution in [0.4, 0.5) is 11.9 Å². The zero-order valence-corrected chi connectivity index (χ0v) is 13.0. The molecule has 2 heterocycles. The van der Waals surface area contributed by atoms with E-state index in [1.807, 2.05) is 6.92 Å². The Morgan fingerprint density at radius 1 is 1.24 bits per heavy atom. The lowest BCUT2D eigenvalue weighted by Gasteiger charge is -2.26. The lowest BCUT2D eigenvalue weighted by atomic mass is 10.3. The highest BCUT2D eigenvalue weighted by Gasteiger charge is 2.16. The molecule has 0 atom stereocenters. The molecule has 0 spiro atoms. The molecule has 2 aromatic rings. The number of nitrogens with zero attached hydrogens (tertiary/aromatic N) is 7. The predicted molar refractivity (Wildman–Crippen MR) is 81.7 cm³/mol. The maximum Gasteiger partial charge on any atom is 0.258 e. The normalized spacial score (nSPS) is 10.9. The van der Waals surface area contributed by atoms with Crippen LogP contribution in [0.2, 0.25) is 0 Å². The van der Waals surface area contributed by atoms with E-state index in [0.717, 1.165) is 19.5 Å². The molecule has 0 aliphatic rings. The fourth-order valence-electron chi connectivity index (χ4n) is 1.96. The van der Waals surface area contributed by atoms with Crippen molar-refractivity contribution >= 4 is 11.9 Å². The topological polar surface area (TPSA) is 84.7 Å². The average molecular weight is 290 g/mol. The largest absolute Gasteiger partial charge is 0.354 e. The van der Waals surface area contributed by atoms with Crippen LogP contribution in [0.5, 0.6) is 0 Å². The van der Waals surface area contributed by atoms with E-state index in [1.54, 1.807) is 6.33 Å². The van der Waals surface area contributed by atoms with Crippen molar-refractivity contribution in [3.05, 3.63) is 12.7 Å². The second-order valence-electron chi connectivity index (χ2n) is 4.92. The number of nitrogens with one attached hydrogen (secondary N) is 1. The highest BCUT2D eigenvalue weighted by Crippen LogP contribution is 2.15. The van der Waals surface area contributed by atoms with Crippen LogP contribution in [0.15, 0.2) is 12.7 Å². The predicted octanol–water partition coefficient (Wildman–Crippen LogP) is 1.51. The van der Waals surface area contributed by atoms with Crippen LogP contribution in [-0.4, -0.2) is 48.8 Å². The maximum atomic E-state index is 4.52. The van der Waals surface area contributed by atoms with Gasteiger partial charge in [-0.1, -0.05) is 6.92 Å². The van der Waals surface area contributed by atoms with Gasteiger partial charge in [0.1, 0.15) is 12.7 Å². The number of hydrogen-bond donors (Lipinski definition) is 1. The molecular formula is C13H22N8. The van der Waals surface area contributed by atoms with Gasteiger partial charge >= 0.3 is 0 Å². The molecule has 8 heteroatoms. The van der Waals surface area contributed by atoms with Crippen molar-refractivity contribution < 1.29 is 0 Å². The number of anilines is 2. The smallest absolute Gasteiger partial charge is 0.258 e. The van der Waals surface area contributed by atoms with Crippen LogP contribution < -0.4 is 10.2 Å². The average Bonchev–Trinajstić information content (AvgIpc) is 2.98. The van der Waals surface area contributed by atoms with Crippen LogP contribution in [0.1, 0.15) is 34.1 Å². The third-order valence-corrected chi connectivity index (χ3v) is 2.92. The first kappa shape index (κ1) is 15.1. The zero-order valence-electron chi connectivity index (χ0n) is 13.0. The van der Waals surface area contributed by atoms with Gasteiger partial charge in [0.2, 0.25) is 11.9 Å². The van der Waals surface area contributed by atoms with Gasteiger partial charge in [0, 0.05) is 19.1 Å². The van der Waals surface area contributed by atoms with Crippen molar-refractivity contribution in [3.8, 4) is 5.95 Å². The molecule has 0 amide bonds. The Hall–Kier alpha value is -2.25. The van der Waals surface area contributed by atoms with Crippen LogP contribution in [0.3, 0.4) is 0 Å². The van der Waals surface area contributed by atoms with Crippen LogP contribution in [0, 0.1) is 0 Å². The van der Waals surface area contributed by atoms with Gasteiger partial charge in [0.05, 0.1) is 0 Å². The third kappa shape index (κ3) is 3.65. The Morgan fingerprint density at radius 3 is 2.62 bits per heavy atom. The van der Waals surface area contributed by atoms with E-state index in [2.05, 4.69) is 56.0 Å². The standard InChI is InChI=1S/C13H22N8/c1-5-7-20(10(3)4)12-17-11(15-6-2)18-13(19-12)21-9-14-8-16-21/h8-10H,5-7H2,1-4H3,(H,15,17,18,19). The molecule has 2 aromatic heterocycles. The molecule has 1 N–H and O–H groups in total. The first-order valence-corrected chi connectivity index (χ1v) is 7.27. The van der Waals surface area contributed by atoms with Gasteiger partial charge in [-0.3, -0.25) is 0 Å². The monoisotopic (exact) mass is 290 g/mol. The van der Waals surface area contributed by atoms with E-state index in [0.29, 0.717) is 23.9 Å². The highest BCUT2D eigenvalue weighted by molar-refractivity contribution is 5.40. The lowest BCUT2D eigenvalue weighted by molar-refractivity contribution is 0.644. The van der Waals surface area contributed by atoms with Crippen LogP contribution >= 0.6 is 0 Å². The SMILES string of the molecule is CCCN(c1nc(NCC)nc(-n2cncn2)n1)C(C)C. The molecule has 0 aromatic carbocycles. The summed E-state index contributed by atoms with van der Waals surface area (Å²) < 4.78 is 1.54. The van der Waals surface area contributed by atoms with Crippen molar-refractivity contribution in [2.75, 3.05) is 23.3 Å². The van der Waals surface area contributed by atoms with Gasteiger partial charge in [0.25, 0.3) is 5.95 Å². The molecular weight excluding hydrogens is 268 g/mol. The first-order chi connectivity index (χ1) is 10.2. The van der Waals surface area contributed by atoms with E-state index in [1.165, 1.54) is 11.0 Å². The number of aromatic nitrogens is 6. The Bertz CT molecular complexity index is 551.